The highest BCUT2D eigenvalue weighted by Crippen LogP contribution is 2.28. The molecular formula is C24H21F2N7O. The zero-order valence-electron chi connectivity index (χ0n) is 18.4. The van der Waals surface area contributed by atoms with Crippen LogP contribution >= 0.6 is 0 Å². The molecule has 8 nitrogen and oxygen atoms in total. The second-order valence-electron chi connectivity index (χ2n) is 8.36. The zero-order chi connectivity index (χ0) is 24.0. The molecule has 10 heteroatoms. The second kappa shape index (κ2) is 8.35. The molecule has 1 fully saturated rings. The Bertz CT molecular complexity index is 1510. The first-order valence-corrected chi connectivity index (χ1v) is 10.8. The van der Waals surface area contributed by atoms with Gasteiger partial charge in [0, 0.05) is 37.1 Å². The van der Waals surface area contributed by atoms with Crippen molar-refractivity contribution < 1.29 is 8.78 Å². The molecule has 0 radical (unpaired) electrons. The highest BCUT2D eigenvalue weighted by atomic mass is 19.1. The summed E-state index contributed by atoms with van der Waals surface area (Å²) in [5.74, 6) is -1.75. The fourth-order valence-electron chi connectivity index (χ4n) is 4.28. The number of halogens is 2. The van der Waals surface area contributed by atoms with Crippen LogP contribution in [0.2, 0.25) is 0 Å². The van der Waals surface area contributed by atoms with Gasteiger partial charge in [0.2, 0.25) is 5.82 Å². The van der Waals surface area contributed by atoms with E-state index < -0.39 is 17.2 Å². The summed E-state index contributed by atoms with van der Waals surface area (Å²) in [5.41, 5.74) is 6.38. The van der Waals surface area contributed by atoms with Crippen LogP contribution in [0.25, 0.3) is 28.0 Å². The molecule has 0 spiro atoms. The maximum absolute atomic E-state index is 15.4. The number of piperidine rings is 1. The van der Waals surface area contributed by atoms with E-state index in [4.69, 9.17) is 11.0 Å². The number of aromatic nitrogens is 4. The van der Waals surface area contributed by atoms with Crippen LogP contribution in [0.1, 0.15) is 18.4 Å². The van der Waals surface area contributed by atoms with Gasteiger partial charge in [-0.05, 0) is 49.2 Å². The topological polar surface area (TPSA) is 106 Å². The first-order chi connectivity index (χ1) is 16.4. The molecule has 34 heavy (non-hydrogen) atoms. The van der Waals surface area contributed by atoms with Gasteiger partial charge in [0.1, 0.15) is 17.7 Å². The molecule has 3 heterocycles. The third-order valence-electron chi connectivity index (χ3n) is 6.19. The lowest BCUT2D eigenvalue weighted by atomic mass is 10.1. The Balaban J connectivity index is 1.75. The smallest absolute Gasteiger partial charge is 0.296 e. The molecule has 172 valence electrons. The largest absolute Gasteiger partial charge is 0.354 e. The Morgan fingerprint density at radius 3 is 2.62 bits per heavy atom. The van der Waals surface area contributed by atoms with E-state index in [-0.39, 0.29) is 28.8 Å². The minimum atomic E-state index is -0.986. The van der Waals surface area contributed by atoms with Gasteiger partial charge in [-0.2, -0.15) is 14.8 Å². The molecule has 2 aromatic carbocycles. The fourth-order valence-corrected chi connectivity index (χ4v) is 4.28. The van der Waals surface area contributed by atoms with Gasteiger partial charge in [0.15, 0.2) is 5.82 Å². The average Bonchev–Trinajstić information content (AvgIpc) is 3.21. The predicted molar refractivity (Wildman–Crippen MR) is 124 cm³/mol. The number of nitriles is 1. The highest BCUT2D eigenvalue weighted by Gasteiger charge is 2.26. The van der Waals surface area contributed by atoms with Crippen molar-refractivity contribution in [2.24, 2.45) is 12.8 Å². The molecule has 2 aromatic heterocycles. The summed E-state index contributed by atoms with van der Waals surface area (Å²) in [6, 6.07) is 10.9. The molecule has 0 saturated carbocycles. The van der Waals surface area contributed by atoms with Crippen molar-refractivity contribution in [3.8, 4) is 23.1 Å². The Labute approximate surface area is 193 Å². The predicted octanol–water partition coefficient (Wildman–Crippen LogP) is 2.86. The molecule has 1 aliphatic rings. The van der Waals surface area contributed by atoms with Crippen LogP contribution in [0.4, 0.5) is 14.6 Å². The zero-order valence-corrected chi connectivity index (χ0v) is 18.4. The molecule has 0 amide bonds. The first kappa shape index (κ1) is 21.7. The Hall–Kier alpha value is -4.10. The number of rotatable bonds is 3. The van der Waals surface area contributed by atoms with Crippen molar-refractivity contribution in [1.29, 1.82) is 5.26 Å². The van der Waals surface area contributed by atoms with Crippen LogP contribution in [0.5, 0.6) is 0 Å². The highest BCUT2D eigenvalue weighted by molar-refractivity contribution is 5.81. The number of aryl methyl sites for hydroxylation is 1. The van der Waals surface area contributed by atoms with E-state index in [1.54, 1.807) is 47.1 Å². The van der Waals surface area contributed by atoms with Crippen LogP contribution in [-0.2, 0) is 7.05 Å². The minimum absolute atomic E-state index is 0.0120. The van der Waals surface area contributed by atoms with Crippen molar-refractivity contribution in [3.05, 3.63) is 70.1 Å². The molecule has 0 bridgehead atoms. The van der Waals surface area contributed by atoms with Gasteiger partial charge in [0.25, 0.3) is 5.56 Å². The average molecular weight is 461 g/mol. The fraction of sp³-hybridized carbons (Fsp3) is 0.250. The normalized spacial score (nSPS) is 14.5. The second-order valence-corrected chi connectivity index (χ2v) is 8.36. The van der Waals surface area contributed by atoms with Crippen molar-refractivity contribution in [2.45, 2.75) is 18.9 Å². The van der Waals surface area contributed by atoms with Gasteiger partial charge in [-0.15, -0.1) is 0 Å². The van der Waals surface area contributed by atoms with Gasteiger partial charge < -0.3 is 10.6 Å². The third-order valence-corrected chi connectivity index (χ3v) is 6.19. The molecule has 1 saturated heterocycles. The van der Waals surface area contributed by atoms with E-state index in [2.05, 4.69) is 10.1 Å². The summed E-state index contributed by atoms with van der Waals surface area (Å²) < 4.78 is 32.8. The lowest BCUT2D eigenvalue weighted by molar-refractivity contribution is 0.486. The molecular weight excluding hydrogens is 440 g/mol. The van der Waals surface area contributed by atoms with Crippen LogP contribution < -0.4 is 16.2 Å². The quantitative estimate of drug-likeness (QED) is 0.503. The summed E-state index contributed by atoms with van der Waals surface area (Å²) in [4.78, 5) is 19.6. The van der Waals surface area contributed by atoms with E-state index in [0.717, 1.165) is 21.5 Å². The lowest BCUT2D eigenvalue weighted by Crippen LogP contribution is -2.42. The van der Waals surface area contributed by atoms with Crippen LogP contribution in [0.15, 0.2) is 47.4 Å². The summed E-state index contributed by atoms with van der Waals surface area (Å²) >= 11 is 0. The molecule has 2 N–H and O–H groups in total. The Morgan fingerprint density at radius 1 is 1.15 bits per heavy atom. The minimum Gasteiger partial charge on any atom is -0.354 e. The number of nitrogens with two attached hydrogens (primary N) is 1. The molecule has 0 atom stereocenters. The molecule has 5 rings (SSSR count). The molecule has 1 aliphatic heterocycles. The molecule has 0 unspecified atom stereocenters. The molecule has 0 aliphatic carbocycles. The van der Waals surface area contributed by atoms with Gasteiger partial charge in [0.05, 0.1) is 23.0 Å². The first-order valence-electron chi connectivity index (χ1n) is 10.8. The number of fused-ring (bicyclic) bond motifs is 1. The summed E-state index contributed by atoms with van der Waals surface area (Å²) in [7, 11) is 1.79. The Kier molecular flexibility index (Phi) is 5.34. The SMILES string of the molecule is Cn1ncc2cc(-n3c(-c4ccc(C#N)c(F)c4)nc(N4CCC(N)CC4)c(F)c3=O)ccc21. The van der Waals surface area contributed by atoms with Crippen molar-refractivity contribution in [1.82, 2.24) is 19.3 Å². The van der Waals surface area contributed by atoms with E-state index in [1.165, 1.54) is 12.1 Å². The lowest BCUT2D eigenvalue weighted by Gasteiger charge is -2.31. The van der Waals surface area contributed by atoms with Crippen molar-refractivity contribution in [2.75, 3.05) is 18.0 Å². The summed E-state index contributed by atoms with van der Waals surface area (Å²) in [6.07, 6.45) is 2.92. The summed E-state index contributed by atoms with van der Waals surface area (Å²) in [5, 5.41) is 14.1. The molecule has 4 aromatic rings. The van der Waals surface area contributed by atoms with Gasteiger partial charge in [-0.1, -0.05) is 0 Å². The van der Waals surface area contributed by atoms with Gasteiger partial charge >= 0.3 is 0 Å². The van der Waals surface area contributed by atoms with Crippen LogP contribution in [0.3, 0.4) is 0 Å². The van der Waals surface area contributed by atoms with Gasteiger partial charge in [-0.3, -0.25) is 14.0 Å². The number of benzene rings is 2. The van der Waals surface area contributed by atoms with Crippen LogP contribution in [-0.4, -0.2) is 38.5 Å². The third kappa shape index (κ3) is 3.60. The van der Waals surface area contributed by atoms with Gasteiger partial charge in [-0.25, -0.2) is 9.37 Å². The van der Waals surface area contributed by atoms with E-state index >= 15 is 4.39 Å². The maximum Gasteiger partial charge on any atom is 0.296 e. The van der Waals surface area contributed by atoms with E-state index in [0.29, 0.717) is 31.6 Å². The number of nitrogens with zero attached hydrogens (tertiary/aromatic N) is 6. The van der Waals surface area contributed by atoms with Crippen molar-refractivity contribution >= 4 is 16.7 Å². The Morgan fingerprint density at radius 2 is 1.91 bits per heavy atom. The number of hydrogen-bond donors (Lipinski definition) is 1. The van der Waals surface area contributed by atoms with E-state index in [9.17, 15) is 9.18 Å². The maximum atomic E-state index is 15.4. The monoisotopic (exact) mass is 461 g/mol. The van der Waals surface area contributed by atoms with Crippen molar-refractivity contribution in [3.63, 3.8) is 0 Å². The van der Waals surface area contributed by atoms with Crippen LogP contribution in [0, 0.1) is 23.0 Å². The van der Waals surface area contributed by atoms with E-state index in [1.807, 2.05) is 0 Å². The number of anilines is 1. The summed E-state index contributed by atoms with van der Waals surface area (Å²) in [6.45, 7) is 0.911. The standard InChI is InChI=1S/C24H21F2N7O/c1-31-20-5-4-18(10-16(20)13-29-31)33-22(14-2-3-15(12-27)19(25)11-14)30-23(21(26)24(33)34)32-8-6-17(28)7-9-32/h2-5,10-11,13,17H,6-9,28H2,1H3. The number of hydrogen-bond acceptors (Lipinski definition) is 6.